The van der Waals surface area contributed by atoms with E-state index < -0.39 is 18.1 Å². The van der Waals surface area contributed by atoms with Crippen molar-refractivity contribution in [2.24, 2.45) is 0 Å². The normalized spacial score (nSPS) is 10.7. The number of benzene rings is 2. The Labute approximate surface area is 185 Å². The zero-order valence-corrected chi connectivity index (χ0v) is 17.6. The fraction of sp³-hybridized carbons (Fsp3) is 0.391. The Bertz CT molecular complexity index is 813. The summed E-state index contributed by atoms with van der Waals surface area (Å²) >= 11 is 0. The quantitative estimate of drug-likeness (QED) is 0.403. The highest BCUT2D eigenvalue weighted by Crippen LogP contribution is 2.15. The lowest BCUT2D eigenvalue weighted by Gasteiger charge is -2.09. The third-order valence-corrected chi connectivity index (χ3v) is 4.21. The van der Waals surface area contributed by atoms with Gasteiger partial charge in [-0.25, -0.2) is 4.79 Å². The maximum absolute atomic E-state index is 10.6. The molecule has 0 saturated carbocycles. The van der Waals surface area contributed by atoms with E-state index in [1.165, 1.54) is 12.0 Å². The second-order valence-corrected chi connectivity index (χ2v) is 6.92. The molecular weight excluding hydrogens is 427 g/mol. The number of carboxylic acids is 2. The molecule has 0 saturated heterocycles. The molecule has 0 unspecified atom stereocenters. The Hall–Kier alpha value is -3.07. The maximum Gasteiger partial charge on any atom is 0.490 e. The summed E-state index contributed by atoms with van der Waals surface area (Å²) < 4.78 is 37.6. The fourth-order valence-corrected chi connectivity index (χ4v) is 2.62. The summed E-state index contributed by atoms with van der Waals surface area (Å²) in [6.07, 6.45) is -0.433. The van der Waals surface area contributed by atoms with E-state index in [2.05, 4.69) is 29.6 Å². The third kappa shape index (κ3) is 13.3. The van der Waals surface area contributed by atoms with Gasteiger partial charge in [0.25, 0.3) is 0 Å². The minimum Gasteiger partial charge on any atom is -0.494 e. The zero-order chi connectivity index (χ0) is 23.8. The molecule has 0 heterocycles. The highest BCUT2D eigenvalue weighted by atomic mass is 19.4. The molecule has 0 fully saturated rings. The van der Waals surface area contributed by atoms with Crippen LogP contribution in [0.1, 0.15) is 36.8 Å². The van der Waals surface area contributed by atoms with Crippen LogP contribution in [0.5, 0.6) is 5.75 Å². The highest BCUT2D eigenvalue weighted by Gasteiger charge is 2.38. The van der Waals surface area contributed by atoms with Crippen LogP contribution >= 0.6 is 0 Å². The predicted octanol–water partition coefficient (Wildman–Crippen LogP) is 4.68. The van der Waals surface area contributed by atoms with E-state index in [9.17, 15) is 18.0 Å². The molecule has 0 amide bonds. The molecule has 0 atom stereocenters. The van der Waals surface area contributed by atoms with Gasteiger partial charge in [-0.15, -0.1) is 0 Å². The number of aliphatic carboxylic acids is 2. The molecular formula is C23H28F3NO5. The molecule has 3 N–H and O–H groups in total. The first-order chi connectivity index (χ1) is 15.2. The molecule has 0 aliphatic rings. The van der Waals surface area contributed by atoms with E-state index in [-0.39, 0.29) is 6.42 Å². The van der Waals surface area contributed by atoms with Crippen molar-refractivity contribution in [3.63, 3.8) is 0 Å². The Kier molecular flexibility index (Phi) is 12.5. The second kappa shape index (κ2) is 14.9. The second-order valence-electron chi connectivity index (χ2n) is 6.92. The SMILES string of the molecule is O=C(O)C(F)(F)F.O=C(O)CCNCc1cccc(OCCCCCc2ccccc2)c1. The molecule has 0 bridgehead atoms. The summed E-state index contributed by atoms with van der Waals surface area (Å²) in [5.41, 5.74) is 2.50. The van der Waals surface area contributed by atoms with Gasteiger partial charge in [0.05, 0.1) is 13.0 Å². The smallest absolute Gasteiger partial charge is 0.490 e. The number of carboxylic acid groups (broad SMARTS) is 2. The molecule has 0 aliphatic heterocycles. The number of rotatable bonds is 12. The molecule has 9 heteroatoms. The van der Waals surface area contributed by atoms with Crippen molar-refractivity contribution >= 4 is 11.9 Å². The lowest BCUT2D eigenvalue weighted by atomic mass is 10.1. The van der Waals surface area contributed by atoms with Gasteiger partial charge in [-0.05, 0) is 48.9 Å². The van der Waals surface area contributed by atoms with Gasteiger partial charge in [0.1, 0.15) is 5.75 Å². The molecule has 2 aromatic carbocycles. The van der Waals surface area contributed by atoms with E-state index in [1.807, 2.05) is 30.3 Å². The number of ether oxygens (including phenoxy) is 1. The zero-order valence-electron chi connectivity index (χ0n) is 17.6. The number of hydrogen-bond donors (Lipinski definition) is 3. The molecule has 0 spiro atoms. The van der Waals surface area contributed by atoms with Crippen molar-refractivity contribution in [1.82, 2.24) is 5.32 Å². The maximum atomic E-state index is 10.6. The van der Waals surface area contributed by atoms with Crippen molar-refractivity contribution < 1.29 is 37.7 Å². The number of aryl methyl sites for hydroxylation is 1. The van der Waals surface area contributed by atoms with Crippen LogP contribution in [0.2, 0.25) is 0 Å². The van der Waals surface area contributed by atoms with Crippen LogP contribution in [0, 0.1) is 0 Å². The third-order valence-electron chi connectivity index (χ3n) is 4.21. The van der Waals surface area contributed by atoms with Crippen LogP contribution in [-0.4, -0.2) is 41.5 Å². The van der Waals surface area contributed by atoms with Crippen molar-refractivity contribution in [3.8, 4) is 5.75 Å². The Morgan fingerprint density at radius 3 is 2.19 bits per heavy atom. The summed E-state index contributed by atoms with van der Waals surface area (Å²) in [7, 11) is 0. The number of alkyl halides is 3. The van der Waals surface area contributed by atoms with Gasteiger partial charge in [0.2, 0.25) is 0 Å². The van der Waals surface area contributed by atoms with Crippen LogP contribution < -0.4 is 10.1 Å². The number of hydrogen-bond acceptors (Lipinski definition) is 4. The van der Waals surface area contributed by atoms with Crippen LogP contribution in [0.15, 0.2) is 54.6 Å². The number of carbonyl (C=O) groups is 2. The van der Waals surface area contributed by atoms with Gasteiger partial charge in [0, 0.05) is 13.1 Å². The molecule has 0 aliphatic carbocycles. The van der Waals surface area contributed by atoms with Crippen molar-refractivity contribution in [3.05, 3.63) is 65.7 Å². The van der Waals surface area contributed by atoms with Crippen LogP contribution in [0.3, 0.4) is 0 Å². The molecule has 2 rings (SSSR count). The first-order valence-electron chi connectivity index (χ1n) is 10.2. The van der Waals surface area contributed by atoms with Crippen molar-refractivity contribution in [2.75, 3.05) is 13.2 Å². The van der Waals surface area contributed by atoms with E-state index in [1.54, 1.807) is 0 Å². The van der Waals surface area contributed by atoms with Gasteiger partial charge in [-0.2, -0.15) is 13.2 Å². The van der Waals surface area contributed by atoms with E-state index in [4.69, 9.17) is 19.7 Å². The monoisotopic (exact) mass is 455 g/mol. The summed E-state index contributed by atoms with van der Waals surface area (Å²) in [4.78, 5) is 19.4. The molecule has 2 aromatic rings. The summed E-state index contributed by atoms with van der Waals surface area (Å²) in [6.45, 7) is 1.86. The minimum atomic E-state index is -5.08. The summed E-state index contributed by atoms with van der Waals surface area (Å²) in [6, 6.07) is 18.5. The van der Waals surface area contributed by atoms with Gasteiger partial charge >= 0.3 is 18.1 Å². The van der Waals surface area contributed by atoms with Crippen LogP contribution in [0.4, 0.5) is 13.2 Å². The highest BCUT2D eigenvalue weighted by molar-refractivity contribution is 5.73. The van der Waals surface area contributed by atoms with Gasteiger partial charge in [0.15, 0.2) is 0 Å². The first kappa shape index (κ1) is 27.0. The molecule has 0 radical (unpaired) electrons. The van der Waals surface area contributed by atoms with Gasteiger partial charge < -0.3 is 20.3 Å². The molecule has 0 aromatic heterocycles. The average Bonchev–Trinajstić information content (AvgIpc) is 2.74. The summed E-state index contributed by atoms with van der Waals surface area (Å²) in [5, 5.41) is 18.9. The van der Waals surface area contributed by atoms with E-state index in [0.29, 0.717) is 13.1 Å². The number of nitrogens with one attached hydrogen (secondary N) is 1. The van der Waals surface area contributed by atoms with E-state index in [0.717, 1.165) is 37.2 Å². The van der Waals surface area contributed by atoms with Crippen LogP contribution in [0.25, 0.3) is 0 Å². The number of halogens is 3. The fourth-order valence-electron chi connectivity index (χ4n) is 2.62. The summed E-state index contributed by atoms with van der Waals surface area (Å²) in [5.74, 6) is -2.66. The minimum absolute atomic E-state index is 0.138. The lowest BCUT2D eigenvalue weighted by molar-refractivity contribution is -0.192. The molecule has 32 heavy (non-hydrogen) atoms. The van der Waals surface area contributed by atoms with Crippen LogP contribution in [-0.2, 0) is 22.6 Å². The average molecular weight is 455 g/mol. The number of unbranched alkanes of at least 4 members (excludes halogenated alkanes) is 2. The Morgan fingerprint density at radius 1 is 0.906 bits per heavy atom. The molecule has 6 nitrogen and oxygen atoms in total. The van der Waals surface area contributed by atoms with Crippen molar-refractivity contribution in [1.29, 1.82) is 0 Å². The van der Waals surface area contributed by atoms with Gasteiger partial charge in [-0.1, -0.05) is 42.5 Å². The Balaban J connectivity index is 0.000000633. The van der Waals surface area contributed by atoms with E-state index >= 15 is 0 Å². The lowest BCUT2D eigenvalue weighted by Crippen LogP contribution is -2.21. The Morgan fingerprint density at radius 2 is 1.56 bits per heavy atom. The first-order valence-corrected chi connectivity index (χ1v) is 10.2. The van der Waals surface area contributed by atoms with Crippen molar-refractivity contribution in [2.45, 2.75) is 44.8 Å². The molecule has 176 valence electrons. The van der Waals surface area contributed by atoms with Gasteiger partial charge in [-0.3, -0.25) is 4.79 Å². The predicted molar refractivity (Wildman–Crippen MR) is 114 cm³/mol. The standard InChI is InChI=1S/C21H27NO3.C2HF3O2/c23-21(24)13-14-22-17-19-11-7-12-20(16-19)25-15-6-2-5-10-18-8-3-1-4-9-18;3-2(4,5)1(6)7/h1,3-4,7-9,11-12,16,22H,2,5-6,10,13-15,17H2,(H,23,24);(H,6,7). The largest absolute Gasteiger partial charge is 0.494 e. The topological polar surface area (TPSA) is 95.9 Å².